The van der Waals surface area contributed by atoms with Crippen molar-refractivity contribution in [1.82, 2.24) is 14.9 Å². The van der Waals surface area contributed by atoms with E-state index in [1.165, 1.54) is 38.0 Å². The van der Waals surface area contributed by atoms with Gasteiger partial charge in [0.15, 0.2) is 11.5 Å². The van der Waals surface area contributed by atoms with Gasteiger partial charge in [0.05, 0.1) is 32.4 Å². The van der Waals surface area contributed by atoms with Crippen LogP contribution in [0.3, 0.4) is 0 Å². The van der Waals surface area contributed by atoms with E-state index in [1.54, 1.807) is 12.1 Å². The number of imidazole rings is 1. The third-order valence-corrected chi connectivity index (χ3v) is 6.61. The number of aromatic nitrogens is 2. The molecule has 7 heteroatoms. The van der Waals surface area contributed by atoms with Crippen molar-refractivity contribution in [3.8, 4) is 17.2 Å². The number of hydrogen-bond acceptors (Lipinski definition) is 5. The van der Waals surface area contributed by atoms with Gasteiger partial charge in [-0.1, -0.05) is 42.8 Å². The lowest BCUT2D eigenvalue weighted by Crippen LogP contribution is -2.24. The van der Waals surface area contributed by atoms with Crippen LogP contribution in [-0.2, 0) is 13.0 Å². The predicted molar refractivity (Wildman–Crippen MR) is 146 cm³/mol. The molecule has 0 unspecified atom stereocenters. The molecule has 0 spiro atoms. The van der Waals surface area contributed by atoms with Crippen molar-refractivity contribution in [3.05, 3.63) is 83.2 Å². The minimum atomic E-state index is -0.167. The van der Waals surface area contributed by atoms with E-state index < -0.39 is 0 Å². The summed E-state index contributed by atoms with van der Waals surface area (Å²) in [7, 11) is 4.61. The van der Waals surface area contributed by atoms with Gasteiger partial charge in [0.2, 0.25) is 5.75 Å². The third kappa shape index (κ3) is 6.05. The molecule has 7 nitrogen and oxygen atoms in total. The number of para-hydroxylation sites is 2. The molecule has 194 valence electrons. The van der Waals surface area contributed by atoms with E-state index >= 15 is 0 Å². The highest BCUT2D eigenvalue weighted by Crippen LogP contribution is 2.38. The number of rotatable bonds is 12. The van der Waals surface area contributed by atoms with Gasteiger partial charge in [-0.3, -0.25) is 4.79 Å². The maximum absolute atomic E-state index is 12.7. The predicted octanol–water partition coefficient (Wildman–Crippen LogP) is 5.56. The minimum absolute atomic E-state index is 0.167. The van der Waals surface area contributed by atoms with Gasteiger partial charge in [0.25, 0.3) is 5.91 Å². The molecule has 0 saturated heterocycles. The lowest BCUT2D eigenvalue weighted by molar-refractivity contribution is 0.0952. The van der Waals surface area contributed by atoms with E-state index in [4.69, 9.17) is 19.2 Å². The van der Waals surface area contributed by atoms with Crippen LogP contribution in [0.5, 0.6) is 17.2 Å². The van der Waals surface area contributed by atoms with Gasteiger partial charge in [-0.25, -0.2) is 4.98 Å². The van der Waals surface area contributed by atoms with Gasteiger partial charge < -0.3 is 24.1 Å². The summed E-state index contributed by atoms with van der Waals surface area (Å²) in [6, 6.07) is 20.2. The summed E-state index contributed by atoms with van der Waals surface area (Å²) < 4.78 is 18.4. The number of aryl methyl sites for hydroxylation is 2. The summed E-state index contributed by atoms with van der Waals surface area (Å²) in [5.74, 6) is 2.32. The molecule has 0 atom stereocenters. The molecule has 1 heterocycles. The average molecular weight is 502 g/mol. The molecule has 4 aromatic rings. The van der Waals surface area contributed by atoms with Crippen molar-refractivity contribution in [1.29, 1.82) is 0 Å². The maximum Gasteiger partial charge on any atom is 0.251 e. The smallest absolute Gasteiger partial charge is 0.251 e. The van der Waals surface area contributed by atoms with Gasteiger partial charge >= 0.3 is 0 Å². The molecule has 0 aliphatic rings. The van der Waals surface area contributed by atoms with Crippen molar-refractivity contribution >= 4 is 16.9 Å². The Morgan fingerprint density at radius 1 is 0.892 bits per heavy atom. The number of amides is 1. The summed E-state index contributed by atoms with van der Waals surface area (Å²) in [6.07, 6.45) is 3.76. The first-order valence-electron chi connectivity index (χ1n) is 12.6. The fraction of sp³-hybridized carbons (Fsp3) is 0.333. The molecular weight excluding hydrogens is 466 g/mol. The van der Waals surface area contributed by atoms with E-state index in [-0.39, 0.29) is 5.91 Å². The molecule has 0 bridgehead atoms. The zero-order valence-electron chi connectivity index (χ0n) is 22.0. The molecule has 0 aliphatic heterocycles. The van der Waals surface area contributed by atoms with Crippen LogP contribution in [0.2, 0.25) is 0 Å². The molecule has 0 fully saturated rings. The summed E-state index contributed by atoms with van der Waals surface area (Å²) in [4.78, 5) is 17.6. The number of nitrogens with one attached hydrogen (secondary N) is 1. The highest BCUT2D eigenvalue weighted by molar-refractivity contribution is 5.95. The minimum Gasteiger partial charge on any atom is -0.493 e. The van der Waals surface area contributed by atoms with Gasteiger partial charge in [-0.05, 0) is 55.2 Å². The maximum atomic E-state index is 12.7. The zero-order chi connectivity index (χ0) is 26.2. The first-order chi connectivity index (χ1) is 18.0. The number of unbranched alkanes of at least 4 members (excludes halogenated alkanes) is 2. The molecule has 0 saturated carbocycles. The number of methoxy groups -OCH3 is 3. The first kappa shape index (κ1) is 26.1. The van der Waals surface area contributed by atoms with Crippen molar-refractivity contribution < 1.29 is 19.0 Å². The summed E-state index contributed by atoms with van der Waals surface area (Å²) in [6.45, 7) is 3.56. The second kappa shape index (κ2) is 12.3. The van der Waals surface area contributed by atoms with Crippen LogP contribution in [0.4, 0.5) is 0 Å². The van der Waals surface area contributed by atoms with Crippen LogP contribution < -0.4 is 19.5 Å². The molecule has 37 heavy (non-hydrogen) atoms. The molecule has 1 amide bonds. The second-order valence-electron chi connectivity index (χ2n) is 9.01. The number of fused-ring (bicyclic) bond motifs is 1. The first-order valence-corrected chi connectivity index (χ1v) is 12.6. The van der Waals surface area contributed by atoms with Crippen molar-refractivity contribution in [2.45, 2.75) is 39.2 Å². The number of carbonyl (C=O) groups is 1. The van der Waals surface area contributed by atoms with E-state index in [9.17, 15) is 4.79 Å². The molecular formula is C30H35N3O4. The van der Waals surface area contributed by atoms with Crippen LogP contribution in [0, 0.1) is 6.92 Å². The van der Waals surface area contributed by atoms with Crippen molar-refractivity contribution in [2.75, 3.05) is 27.9 Å². The van der Waals surface area contributed by atoms with Crippen LogP contribution in [0.15, 0.2) is 60.7 Å². The monoisotopic (exact) mass is 501 g/mol. The van der Waals surface area contributed by atoms with Gasteiger partial charge in [0, 0.05) is 25.1 Å². The Morgan fingerprint density at radius 3 is 2.30 bits per heavy atom. The van der Waals surface area contributed by atoms with Crippen LogP contribution >= 0.6 is 0 Å². The molecule has 3 aromatic carbocycles. The average Bonchev–Trinajstić information content (AvgIpc) is 3.27. The summed E-state index contributed by atoms with van der Waals surface area (Å²) in [5.41, 5.74) is 5.26. The zero-order valence-corrected chi connectivity index (χ0v) is 22.0. The standard InChI is InChI=1S/C30H35N3O4/c1-21-12-7-8-13-22(21)20-33-25-15-10-9-14-24(25)32-28(33)16-6-5-11-17-31-30(34)23-18-26(35-2)29(37-4)27(19-23)36-3/h7-10,12-15,18-19H,5-6,11,16-17,20H2,1-4H3,(H,31,34). The lowest BCUT2D eigenvalue weighted by Gasteiger charge is -2.14. The Balaban J connectivity index is 1.33. The molecule has 1 N–H and O–H groups in total. The Labute approximate surface area is 218 Å². The van der Waals surface area contributed by atoms with Crippen molar-refractivity contribution in [3.63, 3.8) is 0 Å². The highest BCUT2D eigenvalue weighted by atomic mass is 16.5. The van der Waals surface area contributed by atoms with Gasteiger partial charge in [-0.15, -0.1) is 0 Å². The number of hydrogen-bond donors (Lipinski definition) is 1. The highest BCUT2D eigenvalue weighted by Gasteiger charge is 2.17. The Bertz CT molecular complexity index is 1340. The Kier molecular flexibility index (Phi) is 8.67. The van der Waals surface area contributed by atoms with Gasteiger partial charge in [0.1, 0.15) is 5.82 Å². The number of nitrogens with zero attached hydrogens (tertiary/aromatic N) is 2. The number of carbonyl (C=O) groups excluding carboxylic acids is 1. The number of benzene rings is 3. The fourth-order valence-corrected chi connectivity index (χ4v) is 4.55. The normalized spacial score (nSPS) is 10.9. The largest absolute Gasteiger partial charge is 0.493 e. The van der Waals surface area contributed by atoms with E-state index in [0.717, 1.165) is 43.6 Å². The molecule has 1 aromatic heterocycles. The fourth-order valence-electron chi connectivity index (χ4n) is 4.55. The second-order valence-corrected chi connectivity index (χ2v) is 9.01. The Hall–Kier alpha value is -4.00. The summed E-state index contributed by atoms with van der Waals surface area (Å²) >= 11 is 0. The van der Waals surface area contributed by atoms with E-state index in [2.05, 4.69) is 59.3 Å². The van der Waals surface area contributed by atoms with Crippen LogP contribution in [-0.4, -0.2) is 43.3 Å². The topological polar surface area (TPSA) is 74.6 Å². The van der Waals surface area contributed by atoms with Crippen LogP contribution in [0.25, 0.3) is 11.0 Å². The molecule has 4 rings (SSSR count). The van der Waals surface area contributed by atoms with Crippen molar-refractivity contribution in [2.24, 2.45) is 0 Å². The van der Waals surface area contributed by atoms with E-state index in [1.807, 2.05) is 6.07 Å². The molecule has 0 aliphatic carbocycles. The quantitative estimate of drug-likeness (QED) is 0.257. The molecule has 0 radical (unpaired) electrons. The van der Waals surface area contributed by atoms with Crippen LogP contribution in [0.1, 0.15) is 46.6 Å². The third-order valence-electron chi connectivity index (χ3n) is 6.61. The lowest BCUT2D eigenvalue weighted by atomic mass is 10.1. The number of ether oxygens (including phenoxy) is 3. The Morgan fingerprint density at radius 2 is 1.59 bits per heavy atom. The SMILES string of the molecule is COc1cc(C(=O)NCCCCCc2nc3ccccc3n2Cc2ccccc2C)cc(OC)c1OC. The van der Waals surface area contributed by atoms with E-state index in [0.29, 0.717) is 29.4 Å². The van der Waals surface area contributed by atoms with Gasteiger partial charge in [-0.2, -0.15) is 0 Å². The summed E-state index contributed by atoms with van der Waals surface area (Å²) in [5, 5.41) is 3.00.